The average molecular weight is 645 g/mol. The third kappa shape index (κ3) is 6.41. The monoisotopic (exact) mass is 644 g/mol. The molecule has 14 heteroatoms. The predicted octanol–water partition coefficient (Wildman–Crippen LogP) is 6.27. The zero-order valence-electron chi connectivity index (χ0n) is 23.4. The van der Waals surface area contributed by atoms with Crippen molar-refractivity contribution in [3.63, 3.8) is 0 Å². The van der Waals surface area contributed by atoms with E-state index in [0.29, 0.717) is 16.7 Å². The Morgan fingerprint density at radius 2 is 1.80 bits per heavy atom. The van der Waals surface area contributed by atoms with Gasteiger partial charge in [-0.3, -0.25) is 19.8 Å². The second-order valence-corrected chi connectivity index (χ2v) is 11.0. The number of benzene rings is 2. The summed E-state index contributed by atoms with van der Waals surface area (Å²) in [5, 5.41) is 5.87. The van der Waals surface area contributed by atoms with Crippen LogP contribution in [0.1, 0.15) is 52.8 Å². The summed E-state index contributed by atoms with van der Waals surface area (Å²) in [6.45, 7) is 2.84. The van der Waals surface area contributed by atoms with Crippen molar-refractivity contribution in [2.45, 2.75) is 39.3 Å². The van der Waals surface area contributed by atoms with Crippen molar-refractivity contribution in [2.75, 3.05) is 16.8 Å². The molecule has 0 saturated heterocycles. The number of rotatable bonds is 8. The number of nitrogens with one attached hydrogen (secondary N) is 2. The molecule has 0 spiro atoms. The minimum atomic E-state index is -1.11. The SMILES string of the molecule is CC(=O)Cn1c(C(=O)NCc2ccc(Cl)nc2)nc(NC(=O)N2CCc3cc(F)c(F)cc32)c1[C@@H](C)c1cc(F)ccc1Cl. The molecule has 0 fully saturated rings. The molecule has 9 nitrogen and oxygen atoms in total. The molecule has 0 radical (unpaired) electrons. The van der Waals surface area contributed by atoms with Gasteiger partial charge in [-0.2, -0.15) is 0 Å². The number of pyridine rings is 1. The number of hydrogen-bond donors (Lipinski definition) is 2. The number of carbonyl (C=O) groups excluding carboxylic acids is 3. The third-order valence-corrected chi connectivity index (χ3v) is 7.72. The quantitative estimate of drug-likeness (QED) is 0.220. The van der Waals surface area contributed by atoms with Crippen molar-refractivity contribution >= 4 is 52.4 Å². The first kappa shape index (κ1) is 31.0. The Bertz CT molecular complexity index is 1780. The van der Waals surface area contributed by atoms with Gasteiger partial charge in [-0.15, -0.1) is 0 Å². The normalized spacial score (nSPS) is 13.0. The Labute approximate surface area is 260 Å². The maximum atomic E-state index is 14.3. The van der Waals surface area contributed by atoms with Crippen molar-refractivity contribution in [3.8, 4) is 0 Å². The van der Waals surface area contributed by atoms with Gasteiger partial charge < -0.3 is 9.88 Å². The summed E-state index contributed by atoms with van der Waals surface area (Å²) in [6, 6.07) is 8.24. The van der Waals surface area contributed by atoms with Crippen LogP contribution in [0, 0.1) is 17.5 Å². The number of imidazole rings is 1. The van der Waals surface area contributed by atoms with Gasteiger partial charge in [-0.25, -0.2) is 27.9 Å². The van der Waals surface area contributed by atoms with Crippen LogP contribution < -0.4 is 15.5 Å². The molecule has 3 heterocycles. The Morgan fingerprint density at radius 3 is 2.50 bits per heavy atom. The van der Waals surface area contributed by atoms with Gasteiger partial charge >= 0.3 is 6.03 Å². The van der Waals surface area contributed by atoms with Crippen LogP contribution in [0.25, 0.3) is 0 Å². The number of amides is 3. The van der Waals surface area contributed by atoms with Crippen LogP contribution in [0.2, 0.25) is 10.2 Å². The standard InChI is InChI=1S/C30H25Cl2F3N6O3/c1-15(42)14-41-26(16(2)20-10-19(33)4-5-21(20)31)27(38-28(41)29(43)37-13-17-3-6-25(32)36-12-17)39-30(44)40-8-7-18-9-22(34)23(35)11-24(18)40/h3-6,9-12,16H,7-8,13-14H2,1-2H3,(H,37,43)(H,39,44)/t16-/m0/s1. The maximum absolute atomic E-state index is 14.3. The molecule has 0 aliphatic carbocycles. The second kappa shape index (κ2) is 12.7. The van der Waals surface area contributed by atoms with E-state index in [1.165, 1.54) is 40.8 Å². The summed E-state index contributed by atoms with van der Waals surface area (Å²) < 4.78 is 43.5. The summed E-state index contributed by atoms with van der Waals surface area (Å²) in [6.07, 6.45) is 1.77. The molecule has 1 aliphatic rings. The number of hydrogen-bond acceptors (Lipinski definition) is 5. The van der Waals surface area contributed by atoms with Gasteiger partial charge in [-0.05, 0) is 60.4 Å². The summed E-state index contributed by atoms with van der Waals surface area (Å²) in [5.41, 5.74) is 1.77. The van der Waals surface area contributed by atoms with Gasteiger partial charge in [0.2, 0.25) is 5.82 Å². The van der Waals surface area contributed by atoms with Gasteiger partial charge in [0.05, 0.1) is 17.9 Å². The summed E-state index contributed by atoms with van der Waals surface area (Å²) in [7, 11) is 0. The van der Waals surface area contributed by atoms with Crippen LogP contribution in [0.3, 0.4) is 0 Å². The first-order valence-electron chi connectivity index (χ1n) is 13.4. The van der Waals surface area contributed by atoms with Gasteiger partial charge in [0, 0.05) is 36.3 Å². The highest BCUT2D eigenvalue weighted by Crippen LogP contribution is 2.36. The smallest absolute Gasteiger partial charge is 0.327 e. The fourth-order valence-electron chi connectivity index (χ4n) is 5.08. The molecule has 0 saturated carbocycles. The molecule has 228 valence electrons. The molecule has 2 N–H and O–H groups in total. The highest BCUT2D eigenvalue weighted by atomic mass is 35.5. The molecule has 2 aromatic carbocycles. The first-order valence-corrected chi connectivity index (χ1v) is 14.2. The highest BCUT2D eigenvalue weighted by molar-refractivity contribution is 6.31. The van der Waals surface area contributed by atoms with E-state index in [0.717, 1.165) is 12.1 Å². The lowest BCUT2D eigenvalue weighted by Gasteiger charge is -2.21. The first-order chi connectivity index (χ1) is 20.9. The molecule has 3 amide bonds. The van der Waals surface area contributed by atoms with Gasteiger partial charge in [-0.1, -0.05) is 36.2 Å². The molecule has 4 aromatic rings. The number of aromatic nitrogens is 3. The topological polar surface area (TPSA) is 109 Å². The van der Waals surface area contributed by atoms with Crippen LogP contribution in [0.4, 0.5) is 29.5 Å². The lowest BCUT2D eigenvalue weighted by Crippen LogP contribution is -2.34. The molecule has 1 aliphatic heterocycles. The number of anilines is 2. The summed E-state index contributed by atoms with van der Waals surface area (Å²) in [4.78, 5) is 49.0. The maximum Gasteiger partial charge on any atom is 0.327 e. The molecular weight excluding hydrogens is 620 g/mol. The minimum absolute atomic E-state index is 0.0466. The second-order valence-electron chi connectivity index (χ2n) is 10.2. The van der Waals surface area contributed by atoms with Crippen LogP contribution in [0.15, 0.2) is 48.7 Å². The fraction of sp³-hybridized carbons (Fsp3) is 0.233. The van der Waals surface area contributed by atoms with E-state index in [2.05, 4.69) is 20.6 Å². The summed E-state index contributed by atoms with van der Waals surface area (Å²) >= 11 is 12.3. The van der Waals surface area contributed by atoms with Crippen LogP contribution in [0.5, 0.6) is 0 Å². The van der Waals surface area contributed by atoms with Crippen molar-refractivity contribution in [2.24, 2.45) is 0 Å². The third-order valence-electron chi connectivity index (χ3n) is 7.15. The summed E-state index contributed by atoms with van der Waals surface area (Å²) in [5.74, 6) is -4.80. The fourth-order valence-corrected chi connectivity index (χ4v) is 5.47. The number of carbonyl (C=O) groups is 3. The van der Waals surface area contributed by atoms with E-state index < -0.39 is 35.3 Å². The predicted molar refractivity (Wildman–Crippen MR) is 159 cm³/mol. The lowest BCUT2D eigenvalue weighted by molar-refractivity contribution is -0.117. The van der Waals surface area contributed by atoms with E-state index in [1.54, 1.807) is 19.1 Å². The molecular formula is C30H25Cl2F3N6O3. The van der Waals surface area contributed by atoms with Crippen molar-refractivity contribution in [1.82, 2.24) is 19.9 Å². The van der Waals surface area contributed by atoms with Gasteiger partial charge in [0.15, 0.2) is 17.5 Å². The molecule has 0 bridgehead atoms. The van der Waals surface area contributed by atoms with Crippen molar-refractivity contribution < 1.29 is 27.6 Å². The zero-order valence-corrected chi connectivity index (χ0v) is 24.9. The Kier molecular flexibility index (Phi) is 8.93. The zero-order chi connectivity index (χ0) is 31.7. The van der Waals surface area contributed by atoms with E-state index >= 15 is 0 Å². The number of halogens is 5. The number of ketones is 1. The Hall–Kier alpha value is -4.42. The van der Waals surface area contributed by atoms with E-state index in [4.69, 9.17) is 23.2 Å². The van der Waals surface area contributed by atoms with Crippen LogP contribution in [-0.2, 0) is 24.3 Å². The van der Waals surface area contributed by atoms with Crippen LogP contribution in [-0.4, -0.2) is 38.8 Å². The number of Topliss-reactive ketones (excluding diaryl/α,β-unsaturated/α-hetero) is 1. The van der Waals surface area contributed by atoms with E-state index in [9.17, 15) is 27.6 Å². The minimum Gasteiger partial charge on any atom is -0.345 e. The van der Waals surface area contributed by atoms with Gasteiger partial charge in [0.1, 0.15) is 16.8 Å². The molecule has 0 unspecified atom stereocenters. The molecule has 1 atom stereocenters. The Balaban J connectivity index is 1.56. The van der Waals surface area contributed by atoms with Crippen molar-refractivity contribution in [1.29, 1.82) is 0 Å². The largest absolute Gasteiger partial charge is 0.345 e. The number of nitrogens with zero attached hydrogens (tertiary/aromatic N) is 4. The average Bonchev–Trinajstić information content (AvgIpc) is 3.54. The van der Waals surface area contributed by atoms with Crippen molar-refractivity contribution in [3.05, 3.63) is 104 Å². The highest BCUT2D eigenvalue weighted by Gasteiger charge is 2.32. The van der Waals surface area contributed by atoms with E-state index in [-0.39, 0.29) is 65.0 Å². The van der Waals surface area contributed by atoms with Crippen LogP contribution >= 0.6 is 23.2 Å². The Morgan fingerprint density at radius 1 is 1.05 bits per heavy atom. The number of urea groups is 1. The number of fused-ring (bicyclic) bond motifs is 1. The molecule has 5 rings (SSSR count). The van der Waals surface area contributed by atoms with Gasteiger partial charge in [0.25, 0.3) is 5.91 Å². The molecule has 44 heavy (non-hydrogen) atoms. The van der Waals surface area contributed by atoms with E-state index in [1.807, 2.05) is 0 Å². The lowest BCUT2D eigenvalue weighted by atomic mass is 9.97. The molecule has 2 aromatic heterocycles.